The van der Waals surface area contributed by atoms with Gasteiger partial charge in [-0.1, -0.05) is 54.6 Å². The maximum atomic E-state index is 13.0. The highest BCUT2D eigenvalue weighted by atomic mass is 16.6. The largest absolute Gasteiger partial charge is 0.497 e. The van der Waals surface area contributed by atoms with Crippen molar-refractivity contribution in [3.05, 3.63) is 128 Å². The molecule has 2 fully saturated rings. The van der Waals surface area contributed by atoms with E-state index in [9.17, 15) is 14.7 Å². The molecule has 2 aliphatic rings. The lowest BCUT2D eigenvalue weighted by atomic mass is 9.79. The van der Waals surface area contributed by atoms with E-state index < -0.39 is 47.0 Å². The molecular formula is C35H38N2O9. The van der Waals surface area contributed by atoms with Crippen molar-refractivity contribution in [2.24, 2.45) is 0 Å². The Morgan fingerprint density at radius 3 is 2.02 bits per heavy atom. The molecular weight excluding hydrogens is 592 g/mol. The molecule has 4 aromatic rings. The maximum absolute atomic E-state index is 13.0. The molecule has 1 aromatic heterocycles. The van der Waals surface area contributed by atoms with Gasteiger partial charge in [0, 0.05) is 25.3 Å². The zero-order chi connectivity index (χ0) is 32.5. The molecule has 0 bridgehead atoms. The van der Waals surface area contributed by atoms with Gasteiger partial charge in [0.05, 0.1) is 33.5 Å². The van der Waals surface area contributed by atoms with Crippen molar-refractivity contribution in [3.63, 3.8) is 0 Å². The maximum Gasteiger partial charge on any atom is 0.330 e. The van der Waals surface area contributed by atoms with Crippen LogP contribution in [0.5, 0.6) is 11.5 Å². The van der Waals surface area contributed by atoms with Crippen LogP contribution in [0.2, 0.25) is 0 Å². The molecule has 6 rings (SSSR count). The van der Waals surface area contributed by atoms with Crippen molar-refractivity contribution >= 4 is 0 Å². The Kier molecular flexibility index (Phi) is 8.86. The Bertz CT molecular complexity index is 1710. The van der Waals surface area contributed by atoms with Crippen molar-refractivity contribution in [2.45, 2.75) is 49.1 Å². The van der Waals surface area contributed by atoms with Crippen LogP contribution >= 0.6 is 0 Å². The second kappa shape index (κ2) is 12.9. The van der Waals surface area contributed by atoms with Gasteiger partial charge in [-0.25, -0.2) is 4.79 Å². The lowest BCUT2D eigenvalue weighted by molar-refractivity contribution is -0.127. The quantitative estimate of drug-likeness (QED) is 0.240. The number of hydrogen-bond acceptors (Lipinski definition) is 9. The number of methoxy groups -OCH3 is 3. The molecule has 0 saturated carbocycles. The van der Waals surface area contributed by atoms with Crippen LogP contribution in [0.15, 0.2) is 94.6 Å². The first-order valence-corrected chi connectivity index (χ1v) is 15.1. The van der Waals surface area contributed by atoms with Gasteiger partial charge < -0.3 is 33.5 Å². The molecule has 11 nitrogen and oxygen atoms in total. The topological polar surface area (TPSA) is 130 Å². The Hall–Kier alpha value is -4.26. The Morgan fingerprint density at radius 2 is 1.46 bits per heavy atom. The standard InChI is InChI=1S/C35H38N2O9/c1-22-19-37(33(39)36-31(22)38)32-30-34(40,18-28(45-30)20-41-2)29(46-32)21-44-35(23-8-6-5-7-9-23,24-10-14-26(42-3)15-11-24)25-12-16-27(43-4)17-13-25/h5-17,19,28-30,32,40H,18,20-21H2,1-4H3,(H,36,38,39)/t28-,29-,30-,32-,34-/m1/s1. The van der Waals surface area contributed by atoms with Crippen LogP contribution in [0.3, 0.4) is 0 Å². The monoisotopic (exact) mass is 630 g/mol. The predicted molar refractivity (Wildman–Crippen MR) is 168 cm³/mol. The molecule has 242 valence electrons. The number of aromatic nitrogens is 2. The number of fused-ring (bicyclic) bond motifs is 1. The Labute approximate surface area is 266 Å². The average Bonchev–Trinajstić information content (AvgIpc) is 3.54. The summed E-state index contributed by atoms with van der Waals surface area (Å²) in [6.45, 7) is 1.75. The van der Waals surface area contributed by atoms with Gasteiger partial charge in [0.25, 0.3) is 5.56 Å². The summed E-state index contributed by atoms with van der Waals surface area (Å²) in [5.74, 6) is 1.38. The molecule has 0 aliphatic carbocycles. The number of ether oxygens (including phenoxy) is 6. The summed E-state index contributed by atoms with van der Waals surface area (Å²) in [4.78, 5) is 27.5. The van der Waals surface area contributed by atoms with Gasteiger partial charge >= 0.3 is 5.69 Å². The van der Waals surface area contributed by atoms with Crippen LogP contribution in [0, 0.1) is 6.92 Å². The van der Waals surface area contributed by atoms with Crippen LogP contribution in [-0.4, -0.2) is 73.1 Å². The molecule has 46 heavy (non-hydrogen) atoms. The third-order valence-electron chi connectivity index (χ3n) is 8.90. The van der Waals surface area contributed by atoms with Crippen molar-refractivity contribution in [2.75, 3.05) is 34.5 Å². The molecule has 5 atom stereocenters. The van der Waals surface area contributed by atoms with Gasteiger partial charge in [-0.3, -0.25) is 14.3 Å². The normalized spacial score (nSPS) is 24.1. The van der Waals surface area contributed by atoms with Crippen molar-refractivity contribution in [1.29, 1.82) is 0 Å². The number of aromatic amines is 1. The van der Waals surface area contributed by atoms with Gasteiger partial charge in [-0.05, 0) is 47.9 Å². The second-order valence-corrected chi connectivity index (χ2v) is 11.6. The average molecular weight is 631 g/mol. The first-order valence-electron chi connectivity index (χ1n) is 15.1. The van der Waals surface area contributed by atoms with Crippen molar-refractivity contribution in [1.82, 2.24) is 9.55 Å². The zero-order valence-electron chi connectivity index (χ0n) is 26.2. The van der Waals surface area contributed by atoms with E-state index >= 15 is 0 Å². The highest BCUT2D eigenvalue weighted by molar-refractivity contribution is 5.49. The van der Waals surface area contributed by atoms with E-state index in [0.29, 0.717) is 17.1 Å². The van der Waals surface area contributed by atoms with E-state index in [1.54, 1.807) is 28.3 Å². The highest BCUT2D eigenvalue weighted by Crippen LogP contribution is 2.49. The summed E-state index contributed by atoms with van der Waals surface area (Å²) in [6, 6.07) is 25.1. The summed E-state index contributed by atoms with van der Waals surface area (Å²) in [5, 5.41) is 12.3. The molecule has 3 heterocycles. The summed E-state index contributed by atoms with van der Waals surface area (Å²) in [6.07, 6.45) is -1.73. The zero-order valence-corrected chi connectivity index (χ0v) is 26.2. The molecule has 3 aromatic carbocycles. The first-order chi connectivity index (χ1) is 22.2. The molecule has 0 unspecified atom stereocenters. The summed E-state index contributed by atoms with van der Waals surface area (Å²) in [7, 11) is 4.78. The fourth-order valence-corrected chi connectivity index (χ4v) is 6.57. The number of benzene rings is 3. The lowest BCUT2D eigenvalue weighted by Gasteiger charge is -2.38. The molecule has 2 saturated heterocycles. The molecule has 0 amide bonds. The number of rotatable bonds is 11. The summed E-state index contributed by atoms with van der Waals surface area (Å²) < 4.78 is 37.3. The minimum absolute atomic E-state index is 0.0867. The van der Waals surface area contributed by atoms with Gasteiger partial charge in [0.15, 0.2) is 6.23 Å². The van der Waals surface area contributed by atoms with Crippen LogP contribution in [0.1, 0.15) is 34.9 Å². The van der Waals surface area contributed by atoms with Gasteiger partial charge in [0.2, 0.25) is 0 Å². The van der Waals surface area contributed by atoms with E-state index in [-0.39, 0.29) is 19.6 Å². The first kappa shape index (κ1) is 31.7. The van der Waals surface area contributed by atoms with Gasteiger partial charge in [-0.15, -0.1) is 0 Å². The summed E-state index contributed by atoms with van der Waals surface area (Å²) >= 11 is 0. The number of hydrogen-bond donors (Lipinski definition) is 2. The van der Waals surface area contributed by atoms with Crippen LogP contribution in [0.25, 0.3) is 0 Å². The van der Waals surface area contributed by atoms with Crippen LogP contribution in [0.4, 0.5) is 0 Å². The molecule has 0 spiro atoms. The lowest BCUT2D eigenvalue weighted by Crippen LogP contribution is -2.48. The predicted octanol–water partition coefficient (Wildman–Crippen LogP) is 3.30. The van der Waals surface area contributed by atoms with Crippen molar-refractivity contribution < 1.29 is 33.5 Å². The molecule has 2 aliphatic heterocycles. The van der Waals surface area contributed by atoms with E-state index in [0.717, 1.165) is 16.7 Å². The third kappa shape index (κ3) is 5.54. The minimum atomic E-state index is -1.54. The number of aliphatic hydroxyl groups is 1. The molecule has 0 radical (unpaired) electrons. The Balaban J connectivity index is 1.45. The van der Waals surface area contributed by atoms with E-state index in [4.69, 9.17) is 28.4 Å². The third-order valence-corrected chi connectivity index (χ3v) is 8.90. The van der Waals surface area contributed by atoms with Gasteiger partial charge in [0.1, 0.15) is 34.9 Å². The molecule has 2 N–H and O–H groups in total. The van der Waals surface area contributed by atoms with E-state index in [2.05, 4.69) is 4.98 Å². The Morgan fingerprint density at radius 1 is 0.870 bits per heavy atom. The van der Waals surface area contributed by atoms with E-state index in [1.807, 2.05) is 78.9 Å². The van der Waals surface area contributed by atoms with Crippen molar-refractivity contribution in [3.8, 4) is 11.5 Å². The fourth-order valence-electron chi connectivity index (χ4n) is 6.57. The fraction of sp³-hybridized carbons (Fsp3) is 0.371. The second-order valence-electron chi connectivity index (χ2n) is 11.6. The van der Waals surface area contributed by atoms with Gasteiger partial charge in [-0.2, -0.15) is 0 Å². The van der Waals surface area contributed by atoms with Crippen LogP contribution < -0.4 is 20.7 Å². The number of nitrogens with one attached hydrogen (secondary N) is 1. The van der Waals surface area contributed by atoms with Crippen LogP contribution in [-0.2, 0) is 24.5 Å². The molecule has 11 heteroatoms. The summed E-state index contributed by atoms with van der Waals surface area (Å²) in [5.41, 5.74) is -1.08. The smallest absolute Gasteiger partial charge is 0.330 e. The highest BCUT2D eigenvalue weighted by Gasteiger charge is 2.63. The number of nitrogens with zero attached hydrogens (tertiary/aromatic N) is 1. The number of H-pyrrole nitrogens is 1. The number of aryl methyl sites for hydroxylation is 1. The van der Waals surface area contributed by atoms with E-state index in [1.165, 1.54) is 10.8 Å². The minimum Gasteiger partial charge on any atom is -0.497 e. The SMILES string of the molecule is COC[C@H]1C[C@]2(O)[C@H](O1)[C@H](n1cc(C)c(=O)[nH]c1=O)O[C@@H]2COC(c1ccccc1)(c1ccc(OC)cc1)c1ccc(OC)cc1.